The molecule has 0 spiro atoms. The smallest absolute Gasteiger partial charge is 0.338 e. The number of hydrogen-bond acceptors (Lipinski definition) is 5. The van der Waals surface area contributed by atoms with Crippen LogP contribution in [0.15, 0.2) is 77.7 Å². The molecule has 1 amide bonds. The Morgan fingerprint density at radius 3 is 2.58 bits per heavy atom. The minimum absolute atomic E-state index is 0.00559. The van der Waals surface area contributed by atoms with E-state index in [0.29, 0.717) is 18.7 Å². The Hall–Kier alpha value is -3.72. The number of carbonyl (C=O) groups excluding carboxylic acids is 2. The predicted octanol–water partition coefficient (Wildman–Crippen LogP) is 3.76. The number of nitrogens with zero attached hydrogens (tertiary/aromatic N) is 1. The molecule has 0 fully saturated rings. The highest BCUT2D eigenvalue weighted by Crippen LogP contribution is 2.32. The lowest BCUT2D eigenvalue weighted by Gasteiger charge is -2.20. The summed E-state index contributed by atoms with van der Waals surface area (Å²) in [6.45, 7) is 1.68. The van der Waals surface area contributed by atoms with Gasteiger partial charge in [-0.2, -0.15) is 0 Å². The van der Waals surface area contributed by atoms with Crippen molar-refractivity contribution in [2.45, 2.75) is 24.3 Å². The molecule has 0 bridgehead atoms. The van der Waals surface area contributed by atoms with Gasteiger partial charge in [-0.1, -0.05) is 30.3 Å². The number of rotatable bonds is 6. The number of carbonyl (C=O) groups is 2. The summed E-state index contributed by atoms with van der Waals surface area (Å²) in [6.07, 6.45) is -0.582. The van der Waals surface area contributed by atoms with Crippen molar-refractivity contribution in [1.29, 1.82) is 0 Å². The summed E-state index contributed by atoms with van der Waals surface area (Å²) in [6, 6.07) is 18.1. The van der Waals surface area contributed by atoms with Crippen LogP contribution in [-0.2, 0) is 26.0 Å². The molecular formula is C24H21FN2O5S. The van der Waals surface area contributed by atoms with Gasteiger partial charge in [0.1, 0.15) is 5.82 Å². The molecule has 1 N–H and O–H groups in total. The van der Waals surface area contributed by atoms with Gasteiger partial charge in [0.25, 0.3) is 15.9 Å². The number of benzene rings is 3. The lowest BCUT2D eigenvalue weighted by Crippen LogP contribution is -2.30. The fourth-order valence-corrected chi connectivity index (χ4v) is 5.11. The second kappa shape index (κ2) is 9.03. The lowest BCUT2D eigenvalue weighted by molar-refractivity contribution is -0.123. The third-order valence-electron chi connectivity index (χ3n) is 5.25. The van der Waals surface area contributed by atoms with Crippen molar-refractivity contribution in [2.75, 3.05) is 16.2 Å². The van der Waals surface area contributed by atoms with Crippen LogP contribution in [0.5, 0.6) is 0 Å². The Morgan fingerprint density at radius 1 is 1.03 bits per heavy atom. The fraction of sp³-hybridized carbons (Fsp3) is 0.167. The molecule has 1 heterocycles. The minimum atomic E-state index is -3.89. The number of para-hydroxylation sites is 1. The zero-order chi connectivity index (χ0) is 23.6. The van der Waals surface area contributed by atoms with Crippen molar-refractivity contribution < 1.29 is 27.1 Å². The fourth-order valence-electron chi connectivity index (χ4n) is 3.56. The highest BCUT2D eigenvalue weighted by molar-refractivity contribution is 7.92. The number of halogens is 1. The summed E-state index contributed by atoms with van der Waals surface area (Å²) in [5.74, 6) is -2.02. The molecule has 9 heteroatoms. The van der Waals surface area contributed by atoms with Gasteiger partial charge in [-0.25, -0.2) is 17.6 Å². The number of nitrogens with one attached hydrogen (secondary N) is 1. The predicted molar refractivity (Wildman–Crippen MR) is 121 cm³/mol. The summed E-state index contributed by atoms with van der Waals surface area (Å²) in [7, 11) is -3.89. The molecule has 0 aromatic heterocycles. The average molecular weight is 469 g/mol. The van der Waals surface area contributed by atoms with Crippen molar-refractivity contribution >= 4 is 33.3 Å². The molecule has 4 rings (SSSR count). The summed E-state index contributed by atoms with van der Waals surface area (Å²) < 4.78 is 46.2. The van der Waals surface area contributed by atoms with Crippen molar-refractivity contribution in [3.63, 3.8) is 0 Å². The first-order chi connectivity index (χ1) is 15.8. The zero-order valence-electron chi connectivity index (χ0n) is 17.7. The Balaban J connectivity index is 1.48. The van der Waals surface area contributed by atoms with Crippen LogP contribution >= 0.6 is 0 Å². The van der Waals surface area contributed by atoms with Crippen molar-refractivity contribution in [3.8, 4) is 0 Å². The number of sulfonamides is 1. The third kappa shape index (κ3) is 4.73. The molecular weight excluding hydrogens is 447 g/mol. The Labute approximate surface area is 190 Å². The number of amides is 1. The summed E-state index contributed by atoms with van der Waals surface area (Å²) >= 11 is 0. The van der Waals surface area contributed by atoms with Gasteiger partial charge in [0.15, 0.2) is 6.10 Å². The van der Waals surface area contributed by atoms with Crippen molar-refractivity contribution in [1.82, 2.24) is 0 Å². The van der Waals surface area contributed by atoms with Gasteiger partial charge in [-0.3, -0.25) is 9.10 Å². The number of anilines is 2. The van der Waals surface area contributed by atoms with Gasteiger partial charge in [-0.15, -0.1) is 0 Å². The second-order valence-electron chi connectivity index (χ2n) is 7.53. The molecule has 1 atom stereocenters. The Bertz CT molecular complexity index is 1330. The molecule has 7 nitrogen and oxygen atoms in total. The van der Waals surface area contributed by atoms with E-state index in [9.17, 15) is 22.4 Å². The highest BCUT2D eigenvalue weighted by atomic mass is 32.2. The van der Waals surface area contributed by atoms with Crippen LogP contribution in [0.2, 0.25) is 0 Å². The van der Waals surface area contributed by atoms with Crippen molar-refractivity contribution in [2.24, 2.45) is 0 Å². The number of ether oxygens (including phenoxy) is 1. The molecule has 0 radical (unpaired) electrons. The summed E-state index contributed by atoms with van der Waals surface area (Å²) in [4.78, 5) is 24.8. The molecule has 0 saturated heterocycles. The lowest BCUT2D eigenvalue weighted by atomic mass is 10.2. The van der Waals surface area contributed by atoms with E-state index >= 15 is 0 Å². The van der Waals surface area contributed by atoms with Gasteiger partial charge in [-0.05, 0) is 61.4 Å². The molecule has 33 heavy (non-hydrogen) atoms. The first kappa shape index (κ1) is 22.5. The van der Waals surface area contributed by atoms with E-state index in [1.54, 1.807) is 12.1 Å². The first-order valence-electron chi connectivity index (χ1n) is 10.2. The monoisotopic (exact) mass is 468 g/mol. The number of esters is 1. The van der Waals surface area contributed by atoms with E-state index in [4.69, 9.17) is 4.74 Å². The molecule has 3 aromatic carbocycles. The average Bonchev–Trinajstić information content (AvgIpc) is 3.24. The second-order valence-corrected chi connectivity index (χ2v) is 9.39. The van der Waals surface area contributed by atoms with Gasteiger partial charge >= 0.3 is 5.97 Å². The van der Waals surface area contributed by atoms with Crippen LogP contribution in [0.4, 0.5) is 15.8 Å². The molecule has 1 aliphatic heterocycles. The third-order valence-corrected chi connectivity index (χ3v) is 7.06. The van der Waals surface area contributed by atoms with E-state index in [0.717, 1.165) is 11.6 Å². The largest absolute Gasteiger partial charge is 0.449 e. The van der Waals surface area contributed by atoms with Gasteiger partial charge in [0.05, 0.1) is 16.1 Å². The van der Waals surface area contributed by atoms with Crippen molar-refractivity contribution in [3.05, 3.63) is 89.7 Å². The summed E-state index contributed by atoms with van der Waals surface area (Å²) in [5, 5.41) is 2.46. The Morgan fingerprint density at radius 2 is 1.79 bits per heavy atom. The standard InChI is InChI=1S/C24H21FN2O5S/c1-16(23(28)26-20-9-5-8-19(25)15-20)32-24(29)18-7-4-10-21(14-18)33(30,31)27-13-12-17-6-2-3-11-22(17)27/h2-11,14-16H,12-13H2,1H3,(H,26,28). The normalized spacial score (nSPS) is 13.8. The SMILES string of the molecule is CC(OC(=O)c1cccc(S(=O)(=O)N2CCc3ccccc32)c1)C(=O)Nc1cccc(F)c1. The van der Waals surface area contributed by atoms with Crippen LogP contribution in [0.25, 0.3) is 0 Å². The van der Waals surface area contributed by atoms with Crippen LogP contribution in [0.1, 0.15) is 22.8 Å². The van der Waals surface area contributed by atoms with Gasteiger partial charge in [0.2, 0.25) is 0 Å². The van der Waals surface area contributed by atoms with Gasteiger partial charge < -0.3 is 10.1 Å². The topological polar surface area (TPSA) is 92.8 Å². The quantitative estimate of drug-likeness (QED) is 0.556. The van der Waals surface area contributed by atoms with E-state index in [-0.39, 0.29) is 16.1 Å². The molecule has 1 unspecified atom stereocenters. The van der Waals surface area contributed by atoms with E-state index in [1.165, 1.54) is 53.7 Å². The maximum Gasteiger partial charge on any atom is 0.338 e. The molecule has 0 aliphatic carbocycles. The van der Waals surface area contributed by atoms with E-state index < -0.39 is 33.8 Å². The molecule has 1 aliphatic rings. The van der Waals surface area contributed by atoms with E-state index in [1.807, 2.05) is 12.1 Å². The molecule has 3 aromatic rings. The highest BCUT2D eigenvalue weighted by Gasteiger charge is 2.31. The maximum atomic E-state index is 13.3. The van der Waals surface area contributed by atoms with Crippen LogP contribution in [-0.4, -0.2) is 32.9 Å². The molecule has 170 valence electrons. The number of hydrogen-bond donors (Lipinski definition) is 1. The first-order valence-corrected chi connectivity index (χ1v) is 11.7. The van der Waals surface area contributed by atoms with Crippen LogP contribution in [0, 0.1) is 5.82 Å². The zero-order valence-corrected chi connectivity index (χ0v) is 18.5. The summed E-state index contributed by atoms with van der Waals surface area (Å²) in [5.41, 5.74) is 1.78. The number of fused-ring (bicyclic) bond motifs is 1. The van der Waals surface area contributed by atoms with Gasteiger partial charge in [0, 0.05) is 12.2 Å². The van der Waals surface area contributed by atoms with Crippen LogP contribution in [0.3, 0.4) is 0 Å². The maximum absolute atomic E-state index is 13.3. The van der Waals surface area contributed by atoms with Crippen LogP contribution < -0.4 is 9.62 Å². The Kier molecular flexibility index (Phi) is 6.15. The van der Waals surface area contributed by atoms with E-state index in [2.05, 4.69) is 5.32 Å². The minimum Gasteiger partial charge on any atom is -0.449 e. The molecule has 0 saturated carbocycles.